The monoisotopic (exact) mass is 317 g/mol. The van der Waals surface area contributed by atoms with E-state index in [2.05, 4.69) is 15.8 Å². The Morgan fingerprint density at radius 1 is 1.24 bits per heavy atom. The molecule has 1 aliphatic rings. The fourth-order valence-corrected chi connectivity index (χ4v) is 2.12. The number of hydrogen-bond donors (Lipinski definition) is 2. The van der Waals surface area contributed by atoms with Crippen LogP contribution in [0.1, 0.15) is 12.8 Å². The highest BCUT2D eigenvalue weighted by Crippen LogP contribution is 2.37. The Kier molecular flexibility index (Phi) is 4.51. The molecule has 0 saturated heterocycles. The number of anilines is 1. The fraction of sp³-hybridized carbons (Fsp3) is 0.250. The van der Waals surface area contributed by atoms with Crippen LogP contribution in [0.25, 0.3) is 0 Å². The quantitative estimate of drug-likeness (QED) is 0.842. The van der Waals surface area contributed by atoms with Crippen molar-refractivity contribution in [2.24, 2.45) is 5.10 Å². The summed E-state index contributed by atoms with van der Waals surface area (Å²) < 4.78 is 36.5. The van der Waals surface area contributed by atoms with E-state index in [0.717, 1.165) is 0 Å². The zero-order valence-electron chi connectivity index (χ0n) is 10.5. The number of alkyl halides is 3. The van der Waals surface area contributed by atoms with E-state index in [4.69, 9.17) is 0 Å². The molecule has 1 aromatic carbocycles. The Hall–Kier alpha value is -2.03. The number of nitrogens with zero attached hydrogens (tertiary/aromatic N) is 1. The van der Waals surface area contributed by atoms with E-state index in [1.54, 1.807) is 0 Å². The second-order valence-corrected chi connectivity index (χ2v) is 5.26. The molecule has 5 nitrogen and oxygen atoms in total. The third kappa shape index (κ3) is 4.78. The highest BCUT2D eigenvalue weighted by Gasteiger charge is 2.29. The van der Waals surface area contributed by atoms with Crippen LogP contribution in [0.5, 0.6) is 0 Å². The summed E-state index contributed by atoms with van der Waals surface area (Å²) >= 11 is -0.227. The van der Waals surface area contributed by atoms with E-state index in [1.165, 1.54) is 24.3 Å². The minimum atomic E-state index is -4.35. The molecule has 1 aromatic rings. The van der Waals surface area contributed by atoms with Crippen LogP contribution in [0.3, 0.4) is 0 Å². The van der Waals surface area contributed by atoms with E-state index in [-0.39, 0.29) is 41.1 Å². The number of carbonyl (C=O) groups excluding carboxylic acids is 2. The number of hydrogen-bond acceptors (Lipinski definition) is 4. The first-order valence-electron chi connectivity index (χ1n) is 5.86. The molecule has 112 valence electrons. The highest BCUT2D eigenvalue weighted by atomic mass is 32.2. The molecule has 0 aliphatic carbocycles. The van der Waals surface area contributed by atoms with Crippen molar-refractivity contribution in [1.82, 2.24) is 5.43 Å². The second kappa shape index (κ2) is 6.17. The summed E-state index contributed by atoms with van der Waals surface area (Å²) in [6.45, 7) is 0. The molecule has 0 aromatic heterocycles. The van der Waals surface area contributed by atoms with Crippen LogP contribution < -0.4 is 10.7 Å². The molecule has 0 saturated carbocycles. The molecular formula is C12H10F3N3O2S. The first kappa shape index (κ1) is 15.4. The normalized spacial score (nSPS) is 15.2. The van der Waals surface area contributed by atoms with Gasteiger partial charge in [-0.05, 0) is 36.0 Å². The van der Waals surface area contributed by atoms with Gasteiger partial charge < -0.3 is 5.32 Å². The molecule has 0 unspecified atom stereocenters. The number of thioether (sulfide) groups is 1. The average molecular weight is 317 g/mol. The zero-order valence-corrected chi connectivity index (χ0v) is 11.3. The molecular weight excluding hydrogens is 307 g/mol. The lowest BCUT2D eigenvalue weighted by atomic mass is 10.1. The van der Waals surface area contributed by atoms with Gasteiger partial charge in [0.2, 0.25) is 5.91 Å². The van der Waals surface area contributed by atoms with Crippen molar-refractivity contribution in [3.63, 3.8) is 0 Å². The van der Waals surface area contributed by atoms with Crippen molar-refractivity contribution in [3.05, 3.63) is 24.3 Å². The van der Waals surface area contributed by atoms with Gasteiger partial charge in [0.1, 0.15) is 5.71 Å². The maximum Gasteiger partial charge on any atom is 0.446 e. The Morgan fingerprint density at radius 2 is 1.90 bits per heavy atom. The summed E-state index contributed by atoms with van der Waals surface area (Å²) in [7, 11) is 0. The van der Waals surface area contributed by atoms with Crippen molar-refractivity contribution in [2.75, 3.05) is 5.32 Å². The van der Waals surface area contributed by atoms with Crippen molar-refractivity contribution >= 4 is 35.0 Å². The SMILES string of the molecule is O=C1CCC(C(=O)Nc2ccc(SC(F)(F)F)cc2)=NN1. The van der Waals surface area contributed by atoms with Gasteiger partial charge in [-0.15, -0.1) is 0 Å². The van der Waals surface area contributed by atoms with Gasteiger partial charge in [0.25, 0.3) is 5.91 Å². The smallest absolute Gasteiger partial charge is 0.321 e. The first-order valence-corrected chi connectivity index (χ1v) is 6.68. The highest BCUT2D eigenvalue weighted by molar-refractivity contribution is 8.00. The Labute approximate surface area is 122 Å². The number of benzene rings is 1. The summed E-state index contributed by atoms with van der Waals surface area (Å²) in [6.07, 6.45) is 0.396. The van der Waals surface area contributed by atoms with Crippen molar-refractivity contribution < 1.29 is 22.8 Å². The number of carbonyl (C=O) groups is 2. The summed E-state index contributed by atoms with van der Waals surface area (Å²) in [4.78, 5) is 22.7. The van der Waals surface area contributed by atoms with Gasteiger partial charge in [0.15, 0.2) is 0 Å². The lowest BCUT2D eigenvalue weighted by molar-refractivity contribution is -0.121. The van der Waals surface area contributed by atoms with E-state index in [0.29, 0.717) is 5.69 Å². The van der Waals surface area contributed by atoms with Gasteiger partial charge in [-0.25, -0.2) is 5.43 Å². The maximum atomic E-state index is 12.2. The van der Waals surface area contributed by atoms with Gasteiger partial charge in [-0.1, -0.05) is 0 Å². The predicted molar refractivity (Wildman–Crippen MR) is 71.8 cm³/mol. The second-order valence-electron chi connectivity index (χ2n) is 4.12. The van der Waals surface area contributed by atoms with Gasteiger partial charge in [-0.3, -0.25) is 9.59 Å². The topological polar surface area (TPSA) is 70.6 Å². The average Bonchev–Trinajstić information content (AvgIpc) is 2.40. The Morgan fingerprint density at radius 3 is 2.43 bits per heavy atom. The fourth-order valence-electron chi connectivity index (χ4n) is 1.58. The largest absolute Gasteiger partial charge is 0.446 e. The third-order valence-corrected chi connectivity index (χ3v) is 3.25. The molecule has 0 spiro atoms. The molecule has 21 heavy (non-hydrogen) atoms. The number of amides is 2. The van der Waals surface area contributed by atoms with Crippen LogP contribution in [0, 0.1) is 0 Å². The third-order valence-electron chi connectivity index (χ3n) is 2.51. The first-order chi connectivity index (χ1) is 9.83. The molecule has 0 atom stereocenters. The van der Waals surface area contributed by atoms with Crippen LogP contribution in [-0.2, 0) is 9.59 Å². The molecule has 9 heteroatoms. The van der Waals surface area contributed by atoms with Crippen molar-refractivity contribution in [2.45, 2.75) is 23.2 Å². The van der Waals surface area contributed by atoms with E-state index < -0.39 is 11.4 Å². The minimum absolute atomic E-state index is 0.0303. The summed E-state index contributed by atoms with van der Waals surface area (Å²) in [5.74, 6) is -0.758. The van der Waals surface area contributed by atoms with Crippen molar-refractivity contribution in [1.29, 1.82) is 0 Å². The molecule has 2 N–H and O–H groups in total. The molecule has 0 bridgehead atoms. The lowest BCUT2D eigenvalue weighted by Gasteiger charge is -2.12. The Bertz CT molecular complexity index is 584. The van der Waals surface area contributed by atoms with E-state index >= 15 is 0 Å². The van der Waals surface area contributed by atoms with Gasteiger partial charge in [-0.2, -0.15) is 18.3 Å². The van der Waals surface area contributed by atoms with Gasteiger partial charge >= 0.3 is 5.51 Å². The molecule has 2 amide bonds. The summed E-state index contributed by atoms with van der Waals surface area (Å²) in [5.41, 5.74) is -1.63. The van der Waals surface area contributed by atoms with Crippen LogP contribution in [0.15, 0.2) is 34.3 Å². The standard InChI is InChI=1S/C12H10F3N3O2S/c13-12(14,15)21-8-3-1-7(2-4-8)16-11(20)9-5-6-10(19)18-17-9/h1-4H,5-6H2,(H,16,20)(H,18,19). The Balaban J connectivity index is 1.97. The van der Waals surface area contributed by atoms with Crippen LogP contribution >= 0.6 is 11.8 Å². The van der Waals surface area contributed by atoms with E-state index in [1.807, 2.05) is 0 Å². The van der Waals surface area contributed by atoms with Crippen LogP contribution in [0.4, 0.5) is 18.9 Å². The van der Waals surface area contributed by atoms with E-state index in [9.17, 15) is 22.8 Å². The van der Waals surface area contributed by atoms with Crippen LogP contribution in [0.2, 0.25) is 0 Å². The number of rotatable bonds is 3. The maximum absolute atomic E-state index is 12.2. The number of hydrazone groups is 1. The molecule has 1 heterocycles. The molecule has 0 radical (unpaired) electrons. The van der Waals surface area contributed by atoms with Crippen molar-refractivity contribution in [3.8, 4) is 0 Å². The predicted octanol–water partition coefficient (Wildman–Crippen LogP) is 2.50. The summed E-state index contributed by atoms with van der Waals surface area (Å²) in [6, 6.07) is 5.26. The number of halogens is 3. The lowest BCUT2D eigenvalue weighted by Crippen LogP contribution is -2.32. The summed E-state index contributed by atoms with van der Waals surface area (Å²) in [5, 5.41) is 6.13. The molecule has 1 aliphatic heterocycles. The minimum Gasteiger partial charge on any atom is -0.321 e. The van der Waals surface area contributed by atoms with Gasteiger partial charge in [0.05, 0.1) is 0 Å². The molecule has 2 rings (SSSR count). The van der Waals surface area contributed by atoms with Crippen LogP contribution in [-0.4, -0.2) is 23.0 Å². The number of nitrogens with one attached hydrogen (secondary N) is 2. The van der Waals surface area contributed by atoms with Gasteiger partial charge in [0, 0.05) is 23.4 Å². The zero-order chi connectivity index (χ0) is 15.5. The molecule has 0 fully saturated rings.